The zero-order valence-corrected chi connectivity index (χ0v) is 19.5. The highest BCUT2D eigenvalue weighted by Crippen LogP contribution is 2.20. The van der Waals surface area contributed by atoms with Gasteiger partial charge < -0.3 is 4.74 Å². The first-order valence-corrected chi connectivity index (χ1v) is 10.9. The van der Waals surface area contributed by atoms with Gasteiger partial charge in [-0.25, -0.2) is 15.2 Å². The quantitative estimate of drug-likeness (QED) is 0.302. The van der Waals surface area contributed by atoms with Crippen LogP contribution in [-0.2, 0) is 20.6 Å². The van der Waals surface area contributed by atoms with Crippen LogP contribution in [0.1, 0.15) is 11.3 Å². The van der Waals surface area contributed by atoms with E-state index >= 15 is 0 Å². The van der Waals surface area contributed by atoms with Crippen LogP contribution in [0.25, 0.3) is 22.1 Å². The third kappa shape index (κ3) is 4.05. The summed E-state index contributed by atoms with van der Waals surface area (Å²) in [4.78, 5) is 34.6. The molecule has 0 saturated heterocycles. The van der Waals surface area contributed by atoms with Crippen LogP contribution in [0.15, 0.2) is 75.4 Å². The molecule has 2 aromatic carbocycles. The van der Waals surface area contributed by atoms with Crippen LogP contribution in [0.4, 0.5) is 5.95 Å². The topological polar surface area (TPSA) is 108 Å². The minimum Gasteiger partial charge on any atom is -0.497 e. The van der Waals surface area contributed by atoms with Crippen molar-refractivity contribution in [1.82, 2.24) is 23.7 Å². The number of anilines is 1. The summed E-state index contributed by atoms with van der Waals surface area (Å²) in [6.45, 7) is 0.374. The monoisotopic (exact) mass is 469 g/mol. The van der Waals surface area contributed by atoms with E-state index in [4.69, 9.17) is 4.74 Å². The van der Waals surface area contributed by atoms with Crippen LogP contribution < -0.4 is 21.4 Å². The van der Waals surface area contributed by atoms with Crippen molar-refractivity contribution in [3.05, 3.63) is 92.8 Å². The third-order valence-corrected chi connectivity index (χ3v) is 5.81. The van der Waals surface area contributed by atoms with Gasteiger partial charge in [-0.15, -0.1) is 0 Å². The third-order valence-electron chi connectivity index (χ3n) is 5.81. The van der Waals surface area contributed by atoms with Gasteiger partial charge in [-0.05, 0) is 29.8 Å². The van der Waals surface area contributed by atoms with Crippen molar-refractivity contribution in [2.75, 3.05) is 12.5 Å². The van der Waals surface area contributed by atoms with Crippen molar-refractivity contribution in [2.45, 2.75) is 6.54 Å². The van der Waals surface area contributed by atoms with E-state index in [-0.39, 0.29) is 5.65 Å². The number of imidazole rings is 1. The number of pyridine rings is 1. The van der Waals surface area contributed by atoms with Crippen molar-refractivity contribution in [3.63, 3.8) is 0 Å². The number of hydrogen-bond acceptors (Lipinski definition) is 7. The van der Waals surface area contributed by atoms with E-state index in [1.54, 1.807) is 24.9 Å². The second kappa shape index (κ2) is 8.90. The smallest absolute Gasteiger partial charge is 0.332 e. The lowest BCUT2D eigenvalue weighted by Crippen LogP contribution is -2.37. The first-order valence-electron chi connectivity index (χ1n) is 10.9. The molecule has 176 valence electrons. The molecule has 0 amide bonds. The number of fused-ring (bicyclic) bond motifs is 2. The maximum atomic E-state index is 13.0. The molecule has 35 heavy (non-hydrogen) atoms. The molecule has 0 atom stereocenters. The summed E-state index contributed by atoms with van der Waals surface area (Å²) in [5.41, 5.74) is 5.08. The molecule has 1 N–H and O–H groups in total. The molecule has 5 aromatic rings. The van der Waals surface area contributed by atoms with Gasteiger partial charge in [0.1, 0.15) is 5.75 Å². The Balaban J connectivity index is 1.53. The van der Waals surface area contributed by atoms with Gasteiger partial charge in [0, 0.05) is 19.5 Å². The van der Waals surface area contributed by atoms with Crippen LogP contribution in [0.2, 0.25) is 0 Å². The van der Waals surface area contributed by atoms with Crippen molar-refractivity contribution < 1.29 is 4.74 Å². The van der Waals surface area contributed by atoms with Crippen LogP contribution in [0.5, 0.6) is 5.75 Å². The molecule has 5 rings (SSSR count). The molecule has 3 heterocycles. The van der Waals surface area contributed by atoms with Gasteiger partial charge >= 0.3 is 5.69 Å². The summed E-state index contributed by atoms with van der Waals surface area (Å²) in [5, 5.41) is 5.27. The molecule has 0 fully saturated rings. The van der Waals surface area contributed by atoms with E-state index in [2.05, 4.69) is 20.5 Å². The number of hydrogen-bond donors (Lipinski definition) is 1. The van der Waals surface area contributed by atoms with E-state index in [0.717, 1.165) is 26.8 Å². The summed E-state index contributed by atoms with van der Waals surface area (Å²) in [5.74, 6) is 1.10. The first kappa shape index (κ1) is 22.1. The number of nitrogens with zero attached hydrogens (tertiary/aromatic N) is 6. The number of benzene rings is 2. The van der Waals surface area contributed by atoms with Crippen molar-refractivity contribution >= 4 is 34.2 Å². The van der Waals surface area contributed by atoms with Gasteiger partial charge in [0.2, 0.25) is 5.95 Å². The van der Waals surface area contributed by atoms with Crippen LogP contribution in [-0.4, -0.2) is 37.0 Å². The van der Waals surface area contributed by atoms with Gasteiger partial charge in [0.15, 0.2) is 11.2 Å². The Kier molecular flexibility index (Phi) is 5.61. The number of aryl methyl sites for hydroxylation is 1. The van der Waals surface area contributed by atoms with Crippen molar-refractivity contribution in [2.24, 2.45) is 19.2 Å². The molecule has 0 aliphatic heterocycles. The van der Waals surface area contributed by atoms with Gasteiger partial charge in [-0.2, -0.15) is 10.1 Å². The largest absolute Gasteiger partial charge is 0.497 e. The second-order valence-electron chi connectivity index (χ2n) is 8.05. The Morgan fingerprint density at radius 2 is 1.80 bits per heavy atom. The van der Waals surface area contributed by atoms with Crippen molar-refractivity contribution in [3.8, 4) is 5.75 Å². The van der Waals surface area contributed by atoms with Gasteiger partial charge in [0.05, 0.1) is 31.1 Å². The van der Waals surface area contributed by atoms with E-state index in [9.17, 15) is 9.59 Å². The minimum absolute atomic E-state index is 0.282. The second-order valence-corrected chi connectivity index (χ2v) is 8.05. The van der Waals surface area contributed by atoms with E-state index in [0.29, 0.717) is 23.7 Å². The zero-order chi connectivity index (χ0) is 24.5. The summed E-state index contributed by atoms with van der Waals surface area (Å²) in [6.07, 6.45) is 1.58. The minimum atomic E-state index is -0.445. The number of ether oxygens (including phenoxy) is 1. The molecule has 0 unspecified atom stereocenters. The average molecular weight is 470 g/mol. The summed E-state index contributed by atoms with van der Waals surface area (Å²) in [6, 6.07) is 19.1. The molecule has 0 radical (unpaired) electrons. The molecule has 0 aliphatic carbocycles. The van der Waals surface area contributed by atoms with Crippen LogP contribution in [0.3, 0.4) is 0 Å². The normalized spacial score (nSPS) is 11.5. The summed E-state index contributed by atoms with van der Waals surface area (Å²) in [7, 11) is 4.67. The highest BCUT2D eigenvalue weighted by Gasteiger charge is 2.19. The number of aromatic nitrogens is 5. The molecule has 0 spiro atoms. The number of nitrogens with one attached hydrogen (secondary N) is 1. The summed E-state index contributed by atoms with van der Waals surface area (Å²) < 4.78 is 9.41. The lowest BCUT2D eigenvalue weighted by molar-refractivity contribution is 0.415. The number of hydrazone groups is 1. The fourth-order valence-electron chi connectivity index (χ4n) is 3.93. The predicted octanol–water partition coefficient (Wildman–Crippen LogP) is 2.48. The Bertz CT molecular complexity index is 1700. The molecule has 10 nitrogen and oxygen atoms in total. The van der Waals surface area contributed by atoms with E-state index in [1.807, 2.05) is 60.7 Å². The SMILES string of the molecule is COc1ccc2nc(C=NNc3nc4c(c(=O)n(C)c(=O)n4C)n3Cc3ccccc3)ccc2c1. The fraction of sp³-hybridized carbons (Fsp3) is 0.160. The standard InChI is InChI=1S/C25H23N7O3/c1-30-22-21(23(33)31(2)25(30)34)32(15-16-7-5-4-6-8-16)24(28-22)29-26-14-18-10-9-17-13-19(35-3)11-12-20(17)27-18/h4-14H,15H2,1-3H3,(H,28,29). The molecule has 10 heteroatoms. The van der Waals surface area contributed by atoms with Crippen LogP contribution >= 0.6 is 0 Å². The highest BCUT2D eigenvalue weighted by atomic mass is 16.5. The highest BCUT2D eigenvalue weighted by molar-refractivity contribution is 5.86. The van der Waals surface area contributed by atoms with Gasteiger partial charge in [0.25, 0.3) is 5.56 Å². The lowest BCUT2D eigenvalue weighted by Gasteiger charge is -2.09. The van der Waals surface area contributed by atoms with Gasteiger partial charge in [-0.1, -0.05) is 36.4 Å². The molecular weight excluding hydrogens is 446 g/mol. The Hall–Kier alpha value is -4.73. The lowest BCUT2D eigenvalue weighted by atomic mass is 10.2. The van der Waals surface area contributed by atoms with E-state index < -0.39 is 11.2 Å². The number of methoxy groups -OCH3 is 1. The Morgan fingerprint density at radius 3 is 2.57 bits per heavy atom. The molecule has 3 aromatic heterocycles. The van der Waals surface area contributed by atoms with Crippen molar-refractivity contribution in [1.29, 1.82) is 0 Å². The maximum Gasteiger partial charge on any atom is 0.332 e. The number of rotatable bonds is 6. The fourth-order valence-corrected chi connectivity index (χ4v) is 3.93. The Labute approximate surface area is 199 Å². The van der Waals surface area contributed by atoms with Crippen LogP contribution in [0, 0.1) is 0 Å². The van der Waals surface area contributed by atoms with Gasteiger partial charge in [-0.3, -0.25) is 18.5 Å². The first-order chi connectivity index (χ1) is 17.0. The average Bonchev–Trinajstić information content (AvgIpc) is 3.24. The molecule has 0 saturated carbocycles. The van der Waals surface area contributed by atoms with E-state index in [1.165, 1.54) is 11.6 Å². The summed E-state index contributed by atoms with van der Waals surface area (Å²) >= 11 is 0. The predicted molar refractivity (Wildman–Crippen MR) is 135 cm³/mol. The maximum absolute atomic E-state index is 13.0. The molecular formula is C25H23N7O3. The zero-order valence-electron chi connectivity index (χ0n) is 19.5. The molecule has 0 bridgehead atoms. The Morgan fingerprint density at radius 1 is 1.00 bits per heavy atom. The molecule has 0 aliphatic rings.